The maximum absolute atomic E-state index is 12.9. The van der Waals surface area contributed by atoms with E-state index in [4.69, 9.17) is 4.74 Å². The Kier molecular flexibility index (Phi) is 5.33. The first-order valence-electron chi connectivity index (χ1n) is 9.27. The number of carbonyl (C=O) groups excluding carboxylic acids is 2. The summed E-state index contributed by atoms with van der Waals surface area (Å²) in [4.78, 5) is 27.3. The standard InChI is InChI=1S/C22H20BrNO4/c23-16-10-8-14(9-11-16)19-18(20(25)15-5-2-1-3-6-15)21(26)22(27)24(19)13-17-7-4-12-28-17/h1-3,5-6,8-11,17,19,25H,4,7,12-13H2. The maximum atomic E-state index is 12.9. The molecule has 1 amide bonds. The molecule has 0 aromatic heterocycles. The van der Waals surface area contributed by atoms with Crippen LogP contribution in [-0.2, 0) is 14.3 Å². The highest BCUT2D eigenvalue weighted by Crippen LogP contribution is 2.40. The van der Waals surface area contributed by atoms with Crippen LogP contribution in [0.2, 0.25) is 0 Å². The number of hydrogen-bond acceptors (Lipinski definition) is 4. The van der Waals surface area contributed by atoms with Crippen LogP contribution in [0.15, 0.2) is 64.6 Å². The molecule has 1 N–H and O–H groups in total. The first-order valence-corrected chi connectivity index (χ1v) is 10.1. The van der Waals surface area contributed by atoms with Crippen LogP contribution >= 0.6 is 15.9 Å². The van der Waals surface area contributed by atoms with Crippen molar-refractivity contribution >= 4 is 33.4 Å². The number of ether oxygens (including phenoxy) is 1. The second-order valence-corrected chi connectivity index (χ2v) is 7.92. The molecule has 2 fully saturated rings. The van der Waals surface area contributed by atoms with Gasteiger partial charge in [0.15, 0.2) is 0 Å². The minimum Gasteiger partial charge on any atom is -0.507 e. The van der Waals surface area contributed by atoms with Gasteiger partial charge in [-0.3, -0.25) is 9.59 Å². The van der Waals surface area contributed by atoms with Crippen LogP contribution in [0.3, 0.4) is 0 Å². The summed E-state index contributed by atoms with van der Waals surface area (Å²) < 4.78 is 6.59. The summed E-state index contributed by atoms with van der Waals surface area (Å²) in [7, 11) is 0. The number of likely N-dealkylation sites (tertiary alicyclic amines) is 1. The van der Waals surface area contributed by atoms with Crippen LogP contribution in [0.5, 0.6) is 0 Å². The van der Waals surface area contributed by atoms with Gasteiger partial charge in [0.2, 0.25) is 0 Å². The molecular formula is C22H20BrNO4. The number of hydrogen-bond donors (Lipinski definition) is 1. The summed E-state index contributed by atoms with van der Waals surface area (Å²) in [5.74, 6) is -1.41. The largest absolute Gasteiger partial charge is 0.507 e. The molecule has 0 radical (unpaired) electrons. The van der Waals surface area contributed by atoms with Crippen LogP contribution < -0.4 is 0 Å². The lowest BCUT2D eigenvalue weighted by atomic mass is 9.95. The topological polar surface area (TPSA) is 66.8 Å². The molecular weight excluding hydrogens is 422 g/mol. The quantitative estimate of drug-likeness (QED) is 0.441. The Balaban J connectivity index is 1.81. The SMILES string of the molecule is O=C1C(=O)N(CC2CCCO2)C(c2ccc(Br)cc2)C1=C(O)c1ccccc1. The maximum Gasteiger partial charge on any atom is 0.295 e. The minimum absolute atomic E-state index is 0.0899. The number of Topliss-reactive ketones (excluding diaryl/α,β-unsaturated/α-hetero) is 1. The zero-order valence-corrected chi connectivity index (χ0v) is 16.8. The van der Waals surface area contributed by atoms with Gasteiger partial charge >= 0.3 is 0 Å². The van der Waals surface area contributed by atoms with Crippen molar-refractivity contribution in [2.75, 3.05) is 13.2 Å². The fraction of sp³-hybridized carbons (Fsp3) is 0.273. The van der Waals surface area contributed by atoms with Gasteiger partial charge in [0.1, 0.15) is 5.76 Å². The average molecular weight is 442 g/mol. The zero-order valence-electron chi connectivity index (χ0n) is 15.2. The lowest BCUT2D eigenvalue weighted by Gasteiger charge is -2.27. The highest BCUT2D eigenvalue weighted by atomic mass is 79.9. The minimum atomic E-state index is -0.660. The molecule has 0 spiro atoms. The second-order valence-electron chi connectivity index (χ2n) is 7.00. The van der Waals surface area contributed by atoms with E-state index >= 15 is 0 Å². The van der Waals surface area contributed by atoms with E-state index in [0.717, 1.165) is 22.9 Å². The first-order chi connectivity index (χ1) is 13.6. The number of aliphatic hydroxyl groups is 1. The van der Waals surface area contributed by atoms with Crippen LogP contribution in [0.1, 0.15) is 30.0 Å². The Morgan fingerprint density at radius 1 is 1.11 bits per heavy atom. The lowest BCUT2D eigenvalue weighted by Crippen LogP contribution is -2.36. The summed E-state index contributed by atoms with van der Waals surface area (Å²) in [6.45, 7) is 0.998. The monoisotopic (exact) mass is 441 g/mol. The molecule has 28 heavy (non-hydrogen) atoms. The van der Waals surface area contributed by atoms with Gasteiger partial charge in [0.05, 0.1) is 17.7 Å². The van der Waals surface area contributed by atoms with E-state index in [1.807, 2.05) is 30.3 Å². The van der Waals surface area contributed by atoms with E-state index in [2.05, 4.69) is 15.9 Å². The number of amides is 1. The van der Waals surface area contributed by atoms with Crippen molar-refractivity contribution in [3.63, 3.8) is 0 Å². The number of benzene rings is 2. The number of halogens is 1. The Morgan fingerprint density at radius 2 is 1.82 bits per heavy atom. The van der Waals surface area contributed by atoms with Crippen molar-refractivity contribution in [1.82, 2.24) is 4.90 Å². The van der Waals surface area contributed by atoms with Gasteiger partial charge < -0.3 is 14.7 Å². The summed E-state index contributed by atoms with van der Waals surface area (Å²) >= 11 is 3.42. The molecule has 4 rings (SSSR count). The molecule has 2 aromatic carbocycles. The third kappa shape index (κ3) is 3.50. The van der Waals surface area contributed by atoms with Crippen molar-refractivity contribution in [2.45, 2.75) is 25.0 Å². The summed E-state index contributed by atoms with van der Waals surface area (Å²) in [5.41, 5.74) is 1.41. The van der Waals surface area contributed by atoms with Crippen molar-refractivity contribution in [3.8, 4) is 0 Å². The zero-order chi connectivity index (χ0) is 19.7. The summed E-state index contributed by atoms with van der Waals surface area (Å²) in [6.07, 6.45) is 1.71. The van der Waals surface area contributed by atoms with Gasteiger partial charge in [-0.05, 0) is 30.5 Å². The molecule has 2 aliphatic heterocycles. The van der Waals surface area contributed by atoms with Gasteiger partial charge in [0, 0.05) is 23.2 Å². The molecule has 2 heterocycles. The molecule has 0 aliphatic carbocycles. The van der Waals surface area contributed by atoms with Gasteiger partial charge in [-0.15, -0.1) is 0 Å². The molecule has 2 aliphatic rings. The molecule has 2 atom stereocenters. The molecule has 2 aromatic rings. The van der Waals surface area contributed by atoms with Crippen LogP contribution in [0.25, 0.3) is 5.76 Å². The normalized spacial score (nSPS) is 24.1. The van der Waals surface area contributed by atoms with E-state index in [1.54, 1.807) is 24.3 Å². The third-order valence-corrected chi connectivity index (χ3v) is 5.73. The predicted octanol–water partition coefficient (Wildman–Crippen LogP) is 4.05. The third-order valence-electron chi connectivity index (χ3n) is 5.20. The second kappa shape index (κ2) is 7.89. The Bertz CT molecular complexity index is 917. The highest BCUT2D eigenvalue weighted by Gasteiger charge is 2.46. The van der Waals surface area contributed by atoms with Crippen LogP contribution in [-0.4, -0.2) is 41.0 Å². The molecule has 6 heteroatoms. The first kappa shape index (κ1) is 18.9. The molecule has 5 nitrogen and oxygen atoms in total. The number of aliphatic hydroxyl groups excluding tert-OH is 1. The molecule has 2 saturated heterocycles. The number of carbonyl (C=O) groups is 2. The van der Waals surface area contributed by atoms with E-state index in [1.165, 1.54) is 4.90 Å². The lowest BCUT2D eigenvalue weighted by molar-refractivity contribution is -0.140. The summed E-state index contributed by atoms with van der Waals surface area (Å²) in [5, 5.41) is 10.9. The Labute approximate surface area is 171 Å². The summed E-state index contributed by atoms with van der Waals surface area (Å²) in [6, 6.07) is 15.7. The van der Waals surface area contributed by atoms with Crippen molar-refractivity contribution < 1.29 is 19.4 Å². The van der Waals surface area contributed by atoms with Crippen molar-refractivity contribution in [3.05, 3.63) is 75.8 Å². The van der Waals surface area contributed by atoms with E-state index < -0.39 is 17.7 Å². The predicted molar refractivity (Wildman–Crippen MR) is 109 cm³/mol. The number of nitrogens with zero attached hydrogens (tertiary/aromatic N) is 1. The molecule has 0 bridgehead atoms. The smallest absolute Gasteiger partial charge is 0.295 e. The van der Waals surface area contributed by atoms with Crippen LogP contribution in [0.4, 0.5) is 0 Å². The van der Waals surface area contributed by atoms with Gasteiger partial charge in [0.25, 0.3) is 11.7 Å². The fourth-order valence-electron chi connectivity index (χ4n) is 3.82. The Hall–Kier alpha value is -2.44. The van der Waals surface area contributed by atoms with Crippen molar-refractivity contribution in [1.29, 1.82) is 0 Å². The molecule has 144 valence electrons. The highest BCUT2D eigenvalue weighted by molar-refractivity contribution is 9.10. The number of rotatable bonds is 4. The van der Waals surface area contributed by atoms with Gasteiger partial charge in [-0.25, -0.2) is 0 Å². The van der Waals surface area contributed by atoms with Gasteiger partial charge in [-0.1, -0.05) is 58.4 Å². The molecule has 0 saturated carbocycles. The fourth-order valence-corrected chi connectivity index (χ4v) is 4.08. The van der Waals surface area contributed by atoms with Crippen molar-refractivity contribution in [2.24, 2.45) is 0 Å². The number of ketones is 1. The van der Waals surface area contributed by atoms with Crippen LogP contribution in [0, 0.1) is 0 Å². The average Bonchev–Trinajstić information content (AvgIpc) is 3.31. The molecule has 2 unspecified atom stereocenters. The van der Waals surface area contributed by atoms with E-state index in [-0.39, 0.29) is 17.4 Å². The van der Waals surface area contributed by atoms with E-state index in [9.17, 15) is 14.7 Å². The van der Waals surface area contributed by atoms with E-state index in [0.29, 0.717) is 18.7 Å². The Morgan fingerprint density at radius 3 is 2.46 bits per heavy atom. The van der Waals surface area contributed by atoms with Gasteiger partial charge in [-0.2, -0.15) is 0 Å².